The summed E-state index contributed by atoms with van der Waals surface area (Å²) < 4.78 is 11.1. The number of hydrogen-bond acceptors (Lipinski definition) is 4. The average molecular weight is 312 g/mol. The Morgan fingerprint density at radius 1 is 1.33 bits per heavy atom. The van der Waals surface area contributed by atoms with Gasteiger partial charge >= 0.3 is 5.97 Å². The number of piperidine rings is 1. The highest BCUT2D eigenvalue weighted by atomic mass is 35.5. The van der Waals surface area contributed by atoms with Crippen molar-refractivity contribution in [1.29, 1.82) is 0 Å². The number of fused-ring (bicyclic) bond motifs is 1. The molecule has 5 nitrogen and oxygen atoms in total. The van der Waals surface area contributed by atoms with Crippen LogP contribution < -0.4 is 9.47 Å². The van der Waals surface area contributed by atoms with Gasteiger partial charge in [-0.15, -0.1) is 0 Å². The first kappa shape index (κ1) is 14.5. The normalized spacial score (nSPS) is 22.0. The Morgan fingerprint density at radius 3 is 2.95 bits per heavy atom. The lowest BCUT2D eigenvalue weighted by Crippen LogP contribution is -2.44. The first-order valence-electron chi connectivity index (χ1n) is 7.20. The molecule has 0 radical (unpaired) electrons. The lowest BCUT2D eigenvalue weighted by molar-refractivity contribution is -0.144. The molecule has 21 heavy (non-hydrogen) atoms. The zero-order chi connectivity index (χ0) is 14.8. The zero-order valence-corrected chi connectivity index (χ0v) is 12.4. The van der Waals surface area contributed by atoms with E-state index in [1.54, 1.807) is 0 Å². The summed E-state index contributed by atoms with van der Waals surface area (Å²) in [5.41, 5.74) is 0.956. The van der Waals surface area contributed by atoms with Crippen molar-refractivity contribution in [2.45, 2.75) is 31.8 Å². The number of hydrogen-bond donors (Lipinski definition) is 1. The van der Waals surface area contributed by atoms with Crippen molar-refractivity contribution >= 4 is 17.6 Å². The Labute approximate surface area is 128 Å². The fourth-order valence-corrected chi connectivity index (χ4v) is 3.24. The predicted molar refractivity (Wildman–Crippen MR) is 78.1 cm³/mol. The molecule has 0 saturated carbocycles. The number of benzene rings is 1. The second kappa shape index (κ2) is 6.12. The molecular weight excluding hydrogens is 294 g/mol. The van der Waals surface area contributed by atoms with Crippen LogP contribution in [0.5, 0.6) is 11.5 Å². The van der Waals surface area contributed by atoms with Crippen LogP contribution in [-0.2, 0) is 11.3 Å². The van der Waals surface area contributed by atoms with E-state index in [1.807, 2.05) is 17.0 Å². The van der Waals surface area contributed by atoms with E-state index in [0.29, 0.717) is 42.7 Å². The molecule has 2 aliphatic heterocycles. The summed E-state index contributed by atoms with van der Waals surface area (Å²) in [7, 11) is 0. The van der Waals surface area contributed by atoms with Gasteiger partial charge in [0.2, 0.25) is 0 Å². The first-order valence-corrected chi connectivity index (χ1v) is 7.58. The van der Waals surface area contributed by atoms with Gasteiger partial charge in [0.1, 0.15) is 19.3 Å². The molecule has 1 N–H and O–H groups in total. The Bertz CT molecular complexity index is 549. The molecule has 114 valence electrons. The molecule has 2 aliphatic rings. The van der Waals surface area contributed by atoms with Crippen molar-refractivity contribution in [3.8, 4) is 11.5 Å². The maximum atomic E-state index is 11.3. The van der Waals surface area contributed by atoms with Crippen LogP contribution in [0.15, 0.2) is 12.1 Å². The van der Waals surface area contributed by atoms with Crippen LogP contribution in [-0.4, -0.2) is 41.8 Å². The second-order valence-electron chi connectivity index (χ2n) is 5.42. The molecule has 1 saturated heterocycles. The Hall–Kier alpha value is -1.46. The van der Waals surface area contributed by atoms with E-state index in [9.17, 15) is 9.90 Å². The van der Waals surface area contributed by atoms with Crippen molar-refractivity contribution < 1.29 is 19.4 Å². The van der Waals surface area contributed by atoms with E-state index in [-0.39, 0.29) is 0 Å². The van der Waals surface area contributed by atoms with Crippen LogP contribution in [0.1, 0.15) is 24.8 Å². The number of aliphatic carboxylic acids is 1. The van der Waals surface area contributed by atoms with Gasteiger partial charge in [-0.25, -0.2) is 0 Å². The van der Waals surface area contributed by atoms with Gasteiger partial charge in [-0.1, -0.05) is 18.0 Å². The Morgan fingerprint density at radius 2 is 2.14 bits per heavy atom. The van der Waals surface area contributed by atoms with Gasteiger partial charge < -0.3 is 14.6 Å². The fourth-order valence-electron chi connectivity index (χ4n) is 2.95. The van der Waals surface area contributed by atoms with Gasteiger partial charge in [0.15, 0.2) is 11.5 Å². The van der Waals surface area contributed by atoms with Crippen molar-refractivity contribution in [1.82, 2.24) is 4.90 Å². The summed E-state index contributed by atoms with van der Waals surface area (Å²) in [6.45, 7) is 2.36. The molecule has 2 heterocycles. The average Bonchev–Trinajstić information content (AvgIpc) is 2.47. The van der Waals surface area contributed by atoms with Crippen molar-refractivity contribution in [3.05, 3.63) is 22.7 Å². The molecule has 1 unspecified atom stereocenters. The van der Waals surface area contributed by atoms with Crippen LogP contribution in [0.4, 0.5) is 0 Å². The highest BCUT2D eigenvalue weighted by molar-refractivity contribution is 6.32. The topological polar surface area (TPSA) is 59.0 Å². The second-order valence-corrected chi connectivity index (χ2v) is 5.83. The molecule has 1 aromatic carbocycles. The number of carbonyl (C=O) groups is 1. The summed E-state index contributed by atoms with van der Waals surface area (Å²) >= 11 is 6.22. The molecular formula is C15H18ClNO4. The van der Waals surface area contributed by atoms with E-state index < -0.39 is 12.0 Å². The minimum absolute atomic E-state index is 0.411. The molecule has 0 spiro atoms. The van der Waals surface area contributed by atoms with E-state index in [1.165, 1.54) is 0 Å². The maximum absolute atomic E-state index is 11.3. The monoisotopic (exact) mass is 311 g/mol. The van der Waals surface area contributed by atoms with Crippen LogP contribution >= 0.6 is 11.6 Å². The number of nitrogens with zero attached hydrogens (tertiary/aromatic N) is 1. The van der Waals surface area contributed by atoms with Crippen LogP contribution in [0, 0.1) is 0 Å². The zero-order valence-electron chi connectivity index (χ0n) is 11.7. The smallest absolute Gasteiger partial charge is 0.320 e. The van der Waals surface area contributed by atoms with Crippen molar-refractivity contribution in [3.63, 3.8) is 0 Å². The largest absolute Gasteiger partial charge is 0.486 e. The van der Waals surface area contributed by atoms with E-state index in [2.05, 4.69) is 0 Å². The van der Waals surface area contributed by atoms with Gasteiger partial charge in [0.25, 0.3) is 0 Å². The third-order valence-electron chi connectivity index (χ3n) is 3.94. The summed E-state index contributed by atoms with van der Waals surface area (Å²) in [6.07, 6.45) is 2.70. The van der Waals surface area contributed by atoms with Gasteiger partial charge in [-0.2, -0.15) is 0 Å². The summed E-state index contributed by atoms with van der Waals surface area (Å²) in [5, 5.41) is 9.84. The van der Waals surface area contributed by atoms with Gasteiger partial charge in [0, 0.05) is 6.54 Å². The molecule has 1 atom stereocenters. The molecule has 6 heteroatoms. The Balaban J connectivity index is 1.80. The standard InChI is InChI=1S/C15H18ClNO4/c16-11-7-10(8-13-14(11)21-6-5-20-13)9-17-4-2-1-3-12(17)15(18)19/h7-8,12H,1-6,9H2,(H,18,19). The highest BCUT2D eigenvalue weighted by Crippen LogP contribution is 2.38. The van der Waals surface area contributed by atoms with Crippen LogP contribution in [0.3, 0.4) is 0 Å². The molecule has 1 fully saturated rings. The summed E-state index contributed by atoms with van der Waals surface area (Å²) in [5.74, 6) is 0.478. The fraction of sp³-hybridized carbons (Fsp3) is 0.533. The minimum atomic E-state index is -0.752. The van der Waals surface area contributed by atoms with E-state index in [4.69, 9.17) is 21.1 Å². The highest BCUT2D eigenvalue weighted by Gasteiger charge is 2.28. The van der Waals surface area contributed by atoms with Gasteiger partial charge in [0.05, 0.1) is 5.02 Å². The minimum Gasteiger partial charge on any atom is -0.486 e. The summed E-state index contributed by atoms with van der Waals surface area (Å²) in [6, 6.07) is 3.32. The first-order chi connectivity index (χ1) is 10.1. The quantitative estimate of drug-likeness (QED) is 0.929. The summed E-state index contributed by atoms with van der Waals surface area (Å²) in [4.78, 5) is 13.3. The maximum Gasteiger partial charge on any atom is 0.320 e. The van der Waals surface area contributed by atoms with Crippen molar-refractivity contribution in [2.24, 2.45) is 0 Å². The molecule has 3 rings (SSSR count). The third-order valence-corrected chi connectivity index (χ3v) is 4.22. The molecule has 0 amide bonds. The van der Waals surface area contributed by atoms with Crippen LogP contribution in [0.25, 0.3) is 0 Å². The number of ether oxygens (including phenoxy) is 2. The number of carboxylic acid groups (broad SMARTS) is 1. The van der Waals surface area contributed by atoms with E-state index >= 15 is 0 Å². The predicted octanol–water partition coefficient (Wildman–Crippen LogP) is 2.55. The molecule has 0 aliphatic carbocycles. The molecule has 1 aromatic rings. The van der Waals surface area contributed by atoms with Gasteiger partial charge in [-0.05, 0) is 37.1 Å². The Kier molecular flexibility index (Phi) is 4.22. The number of carboxylic acids is 1. The SMILES string of the molecule is O=C(O)C1CCCCN1Cc1cc(Cl)c2c(c1)OCCO2. The lowest BCUT2D eigenvalue weighted by Gasteiger charge is -2.33. The van der Waals surface area contributed by atoms with E-state index in [0.717, 1.165) is 24.9 Å². The van der Waals surface area contributed by atoms with Crippen molar-refractivity contribution in [2.75, 3.05) is 19.8 Å². The molecule has 0 bridgehead atoms. The third kappa shape index (κ3) is 3.09. The number of halogens is 1. The van der Waals surface area contributed by atoms with Gasteiger partial charge in [-0.3, -0.25) is 9.69 Å². The van der Waals surface area contributed by atoms with Crippen LogP contribution in [0.2, 0.25) is 5.02 Å². The molecule has 0 aromatic heterocycles. The number of likely N-dealkylation sites (tertiary alicyclic amines) is 1. The lowest BCUT2D eigenvalue weighted by atomic mass is 10.0. The number of rotatable bonds is 3.